The summed E-state index contributed by atoms with van der Waals surface area (Å²) < 4.78 is 0. The van der Waals surface area contributed by atoms with Gasteiger partial charge in [-0.1, -0.05) is 29.3 Å². The molecule has 1 aliphatic rings. The van der Waals surface area contributed by atoms with Crippen LogP contribution in [0.25, 0.3) is 0 Å². The summed E-state index contributed by atoms with van der Waals surface area (Å²) in [5, 5.41) is 6.27. The van der Waals surface area contributed by atoms with Crippen molar-refractivity contribution >= 4 is 47.3 Å². The highest BCUT2D eigenvalue weighted by Gasteiger charge is 2.40. The molecule has 0 spiro atoms. The number of amides is 5. The topological polar surface area (TPSA) is 108 Å². The molecule has 2 aromatic rings. The lowest BCUT2D eigenvalue weighted by Gasteiger charge is -2.28. The average Bonchev–Trinajstić information content (AvgIpc) is 2.66. The number of urea groups is 1. The summed E-state index contributed by atoms with van der Waals surface area (Å²) in [5.74, 6) is -3.47. The van der Waals surface area contributed by atoms with E-state index in [0.717, 1.165) is 16.7 Å². The van der Waals surface area contributed by atoms with Crippen molar-refractivity contribution in [3.63, 3.8) is 0 Å². The number of barbiturate groups is 1. The van der Waals surface area contributed by atoms with Gasteiger partial charge in [0.2, 0.25) is 5.91 Å². The largest absolute Gasteiger partial charge is 0.335 e. The van der Waals surface area contributed by atoms with E-state index >= 15 is 0 Å². The first-order valence-corrected chi connectivity index (χ1v) is 8.59. The third kappa shape index (κ3) is 4.07. The zero-order valence-corrected chi connectivity index (χ0v) is 15.4. The normalized spacial score (nSPS) is 17.0. The van der Waals surface area contributed by atoms with E-state index in [0.29, 0.717) is 16.3 Å². The maximum absolute atomic E-state index is 12.6. The number of anilines is 1. The van der Waals surface area contributed by atoms with Gasteiger partial charge in [-0.05, 0) is 43.3 Å². The first-order valence-electron chi connectivity index (χ1n) is 8.21. The van der Waals surface area contributed by atoms with Crippen molar-refractivity contribution < 1.29 is 19.2 Å². The fourth-order valence-corrected chi connectivity index (χ4v) is 2.62. The number of hydrogen-bond acceptors (Lipinski definition) is 5. The van der Waals surface area contributed by atoms with Gasteiger partial charge >= 0.3 is 6.03 Å². The molecule has 1 fully saturated rings. The van der Waals surface area contributed by atoms with Crippen molar-refractivity contribution in [1.29, 1.82) is 0 Å². The predicted octanol–water partition coefficient (Wildman–Crippen LogP) is 2.26. The number of carbonyl (C=O) groups excluding carboxylic acids is 4. The molecule has 5 amide bonds. The standard InChI is InChI=1S/C19H15ClN4O4/c1-11-2-8-14(9-3-11)24-18(27)15(17(26)22-19(24)28)10-21-23-16(25)12-4-6-13(20)7-5-12/h2-10,15H,1H3,(H,23,25)(H,22,26,28)/b21-10-/t15-/m1/s1. The van der Waals surface area contributed by atoms with Crippen LogP contribution in [0.2, 0.25) is 5.02 Å². The SMILES string of the molecule is Cc1ccc(N2C(=O)NC(=O)[C@@H](/C=N\NC(=O)c3ccc(Cl)cc3)C2=O)cc1. The van der Waals surface area contributed by atoms with Gasteiger partial charge in [0.25, 0.3) is 11.8 Å². The Morgan fingerprint density at radius 3 is 2.39 bits per heavy atom. The summed E-state index contributed by atoms with van der Waals surface area (Å²) in [6.07, 6.45) is 0.985. The fourth-order valence-electron chi connectivity index (χ4n) is 2.50. The first-order chi connectivity index (χ1) is 13.4. The molecular weight excluding hydrogens is 384 g/mol. The molecule has 0 unspecified atom stereocenters. The maximum Gasteiger partial charge on any atom is 0.335 e. The van der Waals surface area contributed by atoms with Gasteiger partial charge in [-0.15, -0.1) is 0 Å². The molecule has 8 nitrogen and oxygen atoms in total. The molecule has 142 valence electrons. The first kappa shape index (κ1) is 19.2. The van der Waals surface area contributed by atoms with Gasteiger partial charge in [-0.3, -0.25) is 19.7 Å². The third-order valence-corrected chi connectivity index (χ3v) is 4.24. The van der Waals surface area contributed by atoms with Crippen LogP contribution in [0.3, 0.4) is 0 Å². The van der Waals surface area contributed by atoms with Gasteiger partial charge in [0.05, 0.1) is 5.69 Å². The molecule has 9 heteroatoms. The van der Waals surface area contributed by atoms with Crippen molar-refractivity contribution in [2.45, 2.75) is 6.92 Å². The van der Waals surface area contributed by atoms with E-state index in [1.807, 2.05) is 6.92 Å². The summed E-state index contributed by atoms with van der Waals surface area (Å²) in [5.41, 5.74) is 3.81. The van der Waals surface area contributed by atoms with Gasteiger partial charge in [0.15, 0.2) is 5.92 Å². The van der Waals surface area contributed by atoms with Gasteiger partial charge in [0, 0.05) is 16.8 Å². The van der Waals surface area contributed by atoms with Gasteiger partial charge in [0.1, 0.15) is 0 Å². The number of imide groups is 2. The summed E-state index contributed by atoms with van der Waals surface area (Å²) >= 11 is 5.76. The number of rotatable bonds is 4. The van der Waals surface area contributed by atoms with Crippen LogP contribution >= 0.6 is 11.6 Å². The second-order valence-electron chi connectivity index (χ2n) is 6.01. The van der Waals surface area contributed by atoms with Crippen LogP contribution in [-0.2, 0) is 9.59 Å². The van der Waals surface area contributed by atoms with Crippen molar-refractivity contribution in [1.82, 2.24) is 10.7 Å². The Bertz CT molecular complexity index is 970. The minimum atomic E-state index is -1.36. The highest BCUT2D eigenvalue weighted by Crippen LogP contribution is 2.20. The number of nitrogens with zero attached hydrogens (tertiary/aromatic N) is 2. The highest BCUT2D eigenvalue weighted by atomic mass is 35.5. The van der Waals surface area contributed by atoms with Gasteiger partial charge < -0.3 is 0 Å². The number of hydrogen-bond donors (Lipinski definition) is 2. The Balaban J connectivity index is 1.74. The molecule has 3 rings (SSSR count). The summed E-state index contributed by atoms with van der Waals surface area (Å²) in [4.78, 5) is 49.6. The monoisotopic (exact) mass is 398 g/mol. The van der Waals surface area contributed by atoms with Gasteiger partial charge in [-0.2, -0.15) is 5.10 Å². The Morgan fingerprint density at radius 1 is 1.11 bits per heavy atom. The Hall–Kier alpha value is -3.52. The van der Waals surface area contributed by atoms with Crippen LogP contribution in [0.1, 0.15) is 15.9 Å². The van der Waals surface area contributed by atoms with Crippen LogP contribution < -0.4 is 15.6 Å². The van der Waals surface area contributed by atoms with Crippen LogP contribution in [0.15, 0.2) is 53.6 Å². The molecule has 0 aromatic heterocycles. The maximum atomic E-state index is 12.6. The van der Waals surface area contributed by atoms with Crippen LogP contribution in [0.4, 0.5) is 10.5 Å². The molecule has 0 saturated carbocycles. The number of aryl methyl sites for hydroxylation is 1. The lowest BCUT2D eigenvalue weighted by Crippen LogP contribution is -2.58. The van der Waals surface area contributed by atoms with E-state index in [2.05, 4.69) is 15.8 Å². The molecule has 1 atom stereocenters. The minimum Gasteiger partial charge on any atom is -0.276 e. The zero-order valence-electron chi connectivity index (χ0n) is 14.7. The molecule has 2 aromatic carbocycles. The summed E-state index contributed by atoms with van der Waals surface area (Å²) in [6, 6.07) is 11.9. The number of halogens is 1. The second kappa shape index (κ2) is 8.01. The van der Waals surface area contributed by atoms with Crippen LogP contribution in [-0.4, -0.2) is 30.0 Å². The number of nitrogens with one attached hydrogen (secondary N) is 2. The molecule has 1 heterocycles. The van der Waals surface area contributed by atoms with Crippen molar-refractivity contribution in [3.8, 4) is 0 Å². The third-order valence-electron chi connectivity index (χ3n) is 3.99. The summed E-state index contributed by atoms with van der Waals surface area (Å²) in [7, 11) is 0. The summed E-state index contributed by atoms with van der Waals surface area (Å²) in [6.45, 7) is 1.87. The fraction of sp³-hybridized carbons (Fsp3) is 0.105. The van der Waals surface area contributed by atoms with E-state index < -0.39 is 29.7 Å². The highest BCUT2D eigenvalue weighted by molar-refractivity contribution is 6.32. The van der Waals surface area contributed by atoms with Crippen molar-refractivity contribution in [2.24, 2.45) is 11.0 Å². The van der Waals surface area contributed by atoms with E-state index in [4.69, 9.17) is 11.6 Å². The molecule has 0 radical (unpaired) electrons. The lowest BCUT2D eigenvalue weighted by atomic mass is 10.1. The Morgan fingerprint density at radius 2 is 1.75 bits per heavy atom. The van der Waals surface area contributed by atoms with Crippen molar-refractivity contribution in [3.05, 3.63) is 64.7 Å². The Labute approximate surface area is 165 Å². The second-order valence-corrected chi connectivity index (χ2v) is 6.44. The number of benzene rings is 2. The molecule has 28 heavy (non-hydrogen) atoms. The lowest BCUT2D eigenvalue weighted by molar-refractivity contribution is -0.131. The van der Waals surface area contributed by atoms with E-state index in [9.17, 15) is 19.2 Å². The van der Waals surface area contributed by atoms with Gasteiger partial charge in [-0.25, -0.2) is 15.1 Å². The van der Waals surface area contributed by atoms with Crippen molar-refractivity contribution in [2.75, 3.05) is 4.90 Å². The quantitative estimate of drug-likeness (QED) is 0.467. The van der Waals surface area contributed by atoms with E-state index in [1.54, 1.807) is 36.4 Å². The molecule has 1 aliphatic heterocycles. The van der Waals surface area contributed by atoms with E-state index in [1.165, 1.54) is 12.1 Å². The van der Waals surface area contributed by atoms with E-state index in [-0.39, 0.29) is 0 Å². The molecule has 0 aliphatic carbocycles. The smallest absolute Gasteiger partial charge is 0.276 e. The molecule has 0 bridgehead atoms. The zero-order chi connectivity index (χ0) is 20.3. The minimum absolute atomic E-state index is 0.303. The number of carbonyl (C=O) groups is 4. The van der Waals surface area contributed by atoms with Crippen LogP contribution in [0, 0.1) is 12.8 Å². The van der Waals surface area contributed by atoms with Crippen LogP contribution in [0.5, 0.6) is 0 Å². The molecule has 1 saturated heterocycles. The average molecular weight is 399 g/mol. The predicted molar refractivity (Wildman–Crippen MR) is 103 cm³/mol. The molecule has 2 N–H and O–H groups in total. The Kier molecular flexibility index (Phi) is 5.51. The number of hydrazone groups is 1. The molecular formula is C19H15ClN4O4.